The van der Waals surface area contributed by atoms with Gasteiger partial charge in [0, 0.05) is 35.3 Å². The average molecular weight is 308 g/mol. The Hall–Kier alpha value is -2.82. The number of amides is 1. The summed E-state index contributed by atoms with van der Waals surface area (Å²) in [6.45, 7) is 0.352. The second-order valence-corrected chi connectivity index (χ2v) is 5.89. The topological polar surface area (TPSA) is 75.1 Å². The van der Waals surface area contributed by atoms with E-state index < -0.39 is 0 Å². The van der Waals surface area contributed by atoms with Crippen LogP contribution in [0.15, 0.2) is 57.9 Å². The molecule has 0 unspecified atom stereocenters. The van der Waals surface area contributed by atoms with Gasteiger partial charge >= 0.3 is 0 Å². The highest BCUT2D eigenvalue weighted by atomic mass is 16.3. The Morgan fingerprint density at radius 3 is 2.96 bits per heavy atom. The van der Waals surface area contributed by atoms with Gasteiger partial charge in [-0.1, -0.05) is 18.2 Å². The van der Waals surface area contributed by atoms with E-state index >= 15 is 0 Å². The molecule has 1 fully saturated rings. The van der Waals surface area contributed by atoms with Crippen molar-refractivity contribution in [2.45, 2.75) is 18.9 Å². The minimum Gasteiger partial charge on any atom is -0.469 e. The van der Waals surface area contributed by atoms with Crippen molar-refractivity contribution in [3.05, 3.63) is 70.4 Å². The van der Waals surface area contributed by atoms with Crippen LogP contribution in [-0.2, 0) is 11.3 Å². The van der Waals surface area contributed by atoms with Crippen molar-refractivity contribution >= 4 is 16.8 Å². The number of pyridine rings is 1. The van der Waals surface area contributed by atoms with Crippen LogP contribution in [0.2, 0.25) is 0 Å². The second kappa shape index (κ2) is 5.43. The first kappa shape index (κ1) is 13.8. The molecule has 0 saturated heterocycles. The molecule has 0 spiro atoms. The fourth-order valence-electron chi connectivity index (χ4n) is 3.04. The molecule has 1 aliphatic rings. The van der Waals surface area contributed by atoms with Crippen molar-refractivity contribution in [1.29, 1.82) is 0 Å². The molecule has 1 aliphatic carbocycles. The van der Waals surface area contributed by atoms with Crippen molar-refractivity contribution < 1.29 is 9.21 Å². The van der Waals surface area contributed by atoms with E-state index in [1.807, 2.05) is 36.4 Å². The van der Waals surface area contributed by atoms with Crippen LogP contribution in [0.1, 0.15) is 23.7 Å². The zero-order valence-electron chi connectivity index (χ0n) is 12.4. The summed E-state index contributed by atoms with van der Waals surface area (Å²) in [4.78, 5) is 26.8. The first-order valence-corrected chi connectivity index (χ1v) is 7.64. The minimum atomic E-state index is -0.159. The smallest absolute Gasteiger partial charge is 0.248 e. The fraction of sp³-hybridized carbons (Fsp3) is 0.222. The molecule has 2 aromatic heterocycles. The fourth-order valence-corrected chi connectivity index (χ4v) is 3.04. The number of hydrogen-bond donors (Lipinski definition) is 2. The monoisotopic (exact) mass is 308 g/mol. The number of H-pyrrole nitrogens is 1. The van der Waals surface area contributed by atoms with Crippen LogP contribution in [0.4, 0.5) is 0 Å². The molecular formula is C18H16N2O3. The lowest BCUT2D eigenvalue weighted by Crippen LogP contribution is -2.25. The van der Waals surface area contributed by atoms with Crippen LogP contribution in [0.3, 0.4) is 0 Å². The maximum Gasteiger partial charge on any atom is 0.248 e. The number of benzene rings is 1. The lowest BCUT2D eigenvalue weighted by molar-refractivity contribution is -0.122. The van der Waals surface area contributed by atoms with Gasteiger partial charge in [-0.05, 0) is 30.2 Å². The normalized spacial score (nSPS) is 19.7. The Morgan fingerprint density at radius 1 is 1.26 bits per heavy atom. The summed E-state index contributed by atoms with van der Waals surface area (Å²) in [6, 6.07) is 12.9. The van der Waals surface area contributed by atoms with Gasteiger partial charge in [0.15, 0.2) is 0 Å². The Morgan fingerprint density at radius 2 is 2.13 bits per heavy atom. The van der Waals surface area contributed by atoms with Crippen LogP contribution in [0.25, 0.3) is 10.9 Å². The summed E-state index contributed by atoms with van der Waals surface area (Å²) in [5, 5.41) is 3.89. The molecule has 3 aromatic rings. The minimum absolute atomic E-state index is 0.00997. The Bertz CT molecular complexity index is 911. The first-order valence-electron chi connectivity index (χ1n) is 7.64. The second-order valence-electron chi connectivity index (χ2n) is 5.89. The summed E-state index contributed by atoms with van der Waals surface area (Å²) in [7, 11) is 0. The van der Waals surface area contributed by atoms with Crippen molar-refractivity contribution in [2.75, 3.05) is 0 Å². The van der Waals surface area contributed by atoms with Crippen LogP contribution in [-0.4, -0.2) is 10.9 Å². The lowest BCUT2D eigenvalue weighted by atomic mass is 10.1. The largest absolute Gasteiger partial charge is 0.469 e. The number of fused-ring (bicyclic) bond motifs is 1. The number of carbonyl (C=O) groups is 1. The van der Waals surface area contributed by atoms with Gasteiger partial charge in [0.05, 0.1) is 6.26 Å². The molecule has 5 heteroatoms. The van der Waals surface area contributed by atoms with Crippen molar-refractivity contribution in [3.63, 3.8) is 0 Å². The molecule has 116 valence electrons. The maximum atomic E-state index is 12.3. The van der Waals surface area contributed by atoms with E-state index in [1.54, 1.807) is 12.3 Å². The number of hydrogen-bond acceptors (Lipinski definition) is 3. The van der Waals surface area contributed by atoms with Crippen molar-refractivity contribution in [1.82, 2.24) is 10.3 Å². The number of nitrogens with one attached hydrogen (secondary N) is 2. The molecule has 2 heterocycles. The summed E-state index contributed by atoms with van der Waals surface area (Å²) in [5.74, 6) is 1.03. The Balaban J connectivity index is 1.48. The average Bonchev–Trinajstić information content (AvgIpc) is 3.17. The highest BCUT2D eigenvalue weighted by molar-refractivity contribution is 5.85. The molecule has 0 radical (unpaired) electrons. The Kier molecular flexibility index (Phi) is 3.26. The van der Waals surface area contributed by atoms with Gasteiger partial charge < -0.3 is 14.7 Å². The summed E-state index contributed by atoms with van der Waals surface area (Å²) in [6.07, 6.45) is 2.44. The quantitative estimate of drug-likeness (QED) is 0.777. The van der Waals surface area contributed by atoms with Gasteiger partial charge in [-0.2, -0.15) is 0 Å². The van der Waals surface area contributed by atoms with Crippen LogP contribution < -0.4 is 10.9 Å². The molecule has 5 nitrogen and oxygen atoms in total. The molecule has 23 heavy (non-hydrogen) atoms. The predicted molar refractivity (Wildman–Crippen MR) is 86.0 cm³/mol. The van der Waals surface area contributed by atoms with Crippen molar-refractivity contribution in [3.8, 4) is 0 Å². The molecule has 2 N–H and O–H groups in total. The third kappa shape index (κ3) is 2.65. The number of furan rings is 1. The number of aromatic nitrogens is 1. The zero-order valence-corrected chi connectivity index (χ0v) is 12.4. The van der Waals surface area contributed by atoms with Gasteiger partial charge in [0.25, 0.3) is 0 Å². The van der Waals surface area contributed by atoms with Crippen LogP contribution in [0, 0.1) is 5.92 Å². The van der Waals surface area contributed by atoms with Crippen molar-refractivity contribution in [2.24, 2.45) is 5.92 Å². The van der Waals surface area contributed by atoms with E-state index in [1.165, 1.54) is 0 Å². The third-order valence-electron chi connectivity index (χ3n) is 4.33. The van der Waals surface area contributed by atoms with Gasteiger partial charge in [-0.25, -0.2) is 0 Å². The molecule has 1 saturated carbocycles. The first-order chi connectivity index (χ1) is 11.2. The molecule has 0 aliphatic heterocycles. The highest BCUT2D eigenvalue weighted by Crippen LogP contribution is 2.47. The molecule has 2 atom stereocenters. The molecule has 4 rings (SSSR count). The van der Waals surface area contributed by atoms with E-state index in [0.717, 1.165) is 28.6 Å². The third-order valence-corrected chi connectivity index (χ3v) is 4.33. The van der Waals surface area contributed by atoms with E-state index in [9.17, 15) is 9.59 Å². The molecule has 1 amide bonds. The summed E-state index contributed by atoms with van der Waals surface area (Å²) in [5.41, 5.74) is 1.45. The van der Waals surface area contributed by atoms with Crippen LogP contribution >= 0.6 is 0 Å². The lowest BCUT2D eigenvalue weighted by Gasteiger charge is -2.08. The van der Waals surface area contributed by atoms with E-state index in [4.69, 9.17) is 4.42 Å². The highest BCUT2D eigenvalue weighted by Gasteiger charge is 2.45. The van der Waals surface area contributed by atoms with Gasteiger partial charge in [0.1, 0.15) is 5.76 Å². The molecular weight excluding hydrogens is 292 g/mol. The maximum absolute atomic E-state index is 12.3. The summed E-state index contributed by atoms with van der Waals surface area (Å²) >= 11 is 0. The zero-order chi connectivity index (χ0) is 15.8. The standard InChI is InChI=1S/C18H16N2O3/c21-17-8-11(12-4-1-2-5-15(12)20-17)10-19-18(22)14-9-13(14)16-6-3-7-23-16/h1-8,13-14H,9-10H2,(H,19,22)(H,20,21)/t13-,14-/m0/s1. The predicted octanol–water partition coefficient (Wildman–Crippen LogP) is 2.54. The Labute approximate surface area is 132 Å². The van der Waals surface area contributed by atoms with Gasteiger partial charge in [-0.15, -0.1) is 0 Å². The van der Waals surface area contributed by atoms with E-state index in [2.05, 4.69) is 10.3 Å². The SMILES string of the molecule is O=C(NCc1cc(=O)[nH]c2ccccc12)[C@H]1C[C@@H]1c1ccco1. The van der Waals surface area contributed by atoms with E-state index in [0.29, 0.717) is 6.54 Å². The number of rotatable bonds is 4. The van der Waals surface area contributed by atoms with Gasteiger partial charge in [-0.3, -0.25) is 9.59 Å². The summed E-state index contributed by atoms with van der Waals surface area (Å²) < 4.78 is 5.35. The van der Waals surface area contributed by atoms with Gasteiger partial charge in [0.2, 0.25) is 11.5 Å². The number of para-hydroxylation sites is 1. The number of aromatic amines is 1. The molecule has 0 bridgehead atoms. The van der Waals surface area contributed by atoms with E-state index in [-0.39, 0.29) is 23.3 Å². The number of carbonyl (C=O) groups excluding carboxylic acids is 1. The van der Waals surface area contributed by atoms with Crippen LogP contribution in [0.5, 0.6) is 0 Å². The molecule has 1 aromatic carbocycles.